The van der Waals surface area contributed by atoms with Gasteiger partial charge >= 0.3 is 5.97 Å². The van der Waals surface area contributed by atoms with E-state index < -0.39 is 12.0 Å². The van der Waals surface area contributed by atoms with Crippen molar-refractivity contribution in [2.45, 2.75) is 26.0 Å². The number of carbonyl (C=O) groups is 2. The van der Waals surface area contributed by atoms with Crippen LogP contribution >= 0.6 is 11.8 Å². The molecule has 0 spiro atoms. The third-order valence-electron chi connectivity index (χ3n) is 7.34. The molecule has 222 valence electrons. The third kappa shape index (κ3) is 6.80. The van der Waals surface area contributed by atoms with Crippen molar-refractivity contribution in [2.75, 3.05) is 53.6 Å². The fourth-order valence-electron chi connectivity index (χ4n) is 5.17. The summed E-state index contributed by atoms with van der Waals surface area (Å²) in [6, 6.07) is 14.9. The van der Waals surface area contributed by atoms with Gasteiger partial charge in [-0.1, -0.05) is 48.2 Å². The van der Waals surface area contributed by atoms with Crippen LogP contribution in [0, 0.1) is 0 Å². The van der Waals surface area contributed by atoms with Crippen molar-refractivity contribution in [3.8, 4) is 11.5 Å². The van der Waals surface area contributed by atoms with Crippen molar-refractivity contribution in [3.05, 3.63) is 82.0 Å². The Hall–Kier alpha value is -3.80. The highest BCUT2D eigenvalue weighted by Gasteiger charge is 2.41. The van der Waals surface area contributed by atoms with E-state index in [0.717, 1.165) is 49.7 Å². The lowest BCUT2D eigenvalue weighted by molar-refractivity contribution is -0.136. The monoisotopic (exact) mass is 592 g/mol. The number of morpholine rings is 1. The normalized spacial score (nSPS) is 18.6. The number of aliphatic imine (C=N–C) groups is 1. The maximum Gasteiger partial charge on any atom is 0.338 e. The van der Waals surface area contributed by atoms with Gasteiger partial charge in [-0.15, -0.1) is 0 Å². The van der Waals surface area contributed by atoms with Crippen LogP contribution in [0.1, 0.15) is 30.5 Å². The van der Waals surface area contributed by atoms with Gasteiger partial charge in [0.2, 0.25) is 5.91 Å². The Labute approximate surface area is 250 Å². The van der Waals surface area contributed by atoms with Gasteiger partial charge in [-0.3, -0.25) is 9.69 Å². The number of methoxy groups -OCH3 is 2. The zero-order valence-electron chi connectivity index (χ0n) is 24.1. The lowest BCUT2D eigenvalue weighted by Gasteiger charge is -2.36. The number of ether oxygens (including phenoxy) is 4. The van der Waals surface area contributed by atoms with E-state index in [0.29, 0.717) is 41.1 Å². The first kappa shape index (κ1) is 29.7. The van der Waals surface area contributed by atoms with Crippen molar-refractivity contribution in [1.29, 1.82) is 0 Å². The van der Waals surface area contributed by atoms with E-state index in [-0.39, 0.29) is 12.3 Å². The molecule has 1 saturated heterocycles. The Bertz CT molecular complexity index is 1390. The molecule has 1 fully saturated rings. The second kappa shape index (κ2) is 13.9. The summed E-state index contributed by atoms with van der Waals surface area (Å²) >= 11 is 1.43. The van der Waals surface area contributed by atoms with Crippen LogP contribution < -0.4 is 14.8 Å². The van der Waals surface area contributed by atoms with Crippen molar-refractivity contribution in [1.82, 2.24) is 15.1 Å². The number of hydrogen-bond acceptors (Lipinski definition) is 10. The summed E-state index contributed by atoms with van der Waals surface area (Å²) in [6.45, 7) is 6.69. The maximum absolute atomic E-state index is 13.1. The van der Waals surface area contributed by atoms with Gasteiger partial charge < -0.3 is 29.2 Å². The van der Waals surface area contributed by atoms with Crippen LogP contribution in [0.3, 0.4) is 0 Å². The third-order valence-corrected chi connectivity index (χ3v) is 8.23. The first-order valence-electron chi connectivity index (χ1n) is 13.9. The summed E-state index contributed by atoms with van der Waals surface area (Å²) in [5, 5.41) is 5.66. The van der Waals surface area contributed by atoms with E-state index in [2.05, 4.69) is 10.2 Å². The number of amides is 1. The molecule has 3 aliphatic heterocycles. The molecule has 2 aromatic carbocycles. The molecule has 3 heterocycles. The largest absolute Gasteiger partial charge is 0.493 e. The number of rotatable bonds is 11. The SMILES string of the molecule is COC(=O)C1=C(C)N=C2SC=C(CC(=O)NCCN3CCOCC3)N2C1c1ccc(OCc2ccccc2)c(OC)c1. The molecule has 10 nitrogen and oxygen atoms in total. The summed E-state index contributed by atoms with van der Waals surface area (Å²) in [5.74, 6) is 0.548. The maximum atomic E-state index is 13.1. The number of fused-ring (bicyclic) bond motifs is 1. The first-order chi connectivity index (χ1) is 20.5. The van der Waals surface area contributed by atoms with Crippen LogP contribution in [0.25, 0.3) is 0 Å². The Balaban J connectivity index is 1.36. The zero-order valence-corrected chi connectivity index (χ0v) is 24.9. The summed E-state index contributed by atoms with van der Waals surface area (Å²) in [7, 11) is 2.94. The van der Waals surface area contributed by atoms with Crippen LogP contribution in [0.15, 0.2) is 75.9 Å². The molecule has 1 amide bonds. The van der Waals surface area contributed by atoms with Crippen molar-refractivity contribution >= 4 is 28.8 Å². The Morgan fingerprint density at radius 1 is 1.10 bits per heavy atom. The number of nitrogens with one attached hydrogen (secondary N) is 1. The number of benzene rings is 2. The molecule has 1 unspecified atom stereocenters. The average Bonchev–Trinajstić information content (AvgIpc) is 3.41. The second-order valence-electron chi connectivity index (χ2n) is 10.0. The van der Waals surface area contributed by atoms with Gasteiger partial charge in [0.15, 0.2) is 16.7 Å². The van der Waals surface area contributed by atoms with Crippen molar-refractivity contribution in [3.63, 3.8) is 0 Å². The molecule has 3 aliphatic rings. The number of nitrogens with zero attached hydrogens (tertiary/aromatic N) is 3. The molecule has 0 radical (unpaired) electrons. The van der Waals surface area contributed by atoms with Crippen LogP contribution in [0.4, 0.5) is 0 Å². The Morgan fingerprint density at radius 3 is 2.62 bits per heavy atom. The van der Waals surface area contributed by atoms with Crippen LogP contribution in [0.5, 0.6) is 11.5 Å². The number of esters is 1. The van der Waals surface area contributed by atoms with Gasteiger partial charge in [0.25, 0.3) is 0 Å². The highest BCUT2D eigenvalue weighted by molar-refractivity contribution is 8.16. The molecule has 1 N–H and O–H groups in total. The van der Waals surface area contributed by atoms with E-state index in [1.165, 1.54) is 18.9 Å². The Kier molecular flexibility index (Phi) is 9.83. The fraction of sp³-hybridized carbons (Fsp3) is 0.387. The molecule has 0 bridgehead atoms. The lowest BCUT2D eigenvalue weighted by atomic mass is 9.93. The quantitative estimate of drug-likeness (QED) is 0.390. The predicted octanol–water partition coefficient (Wildman–Crippen LogP) is 3.86. The van der Waals surface area contributed by atoms with E-state index >= 15 is 0 Å². The second-order valence-corrected chi connectivity index (χ2v) is 10.9. The van der Waals surface area contributed by atoms with Gasteiger partial charge in [-0.05, 0) is 35.6 Å². The van der Waals surface area contributed by atoms with Gasteiger partial charge in [0.1, 0.15) is 6.61 Å². The predicted molar refractivity (Wildman–Crippen MR) is 161 cm³/mol. The van der Waals surface area contributed by atoms with Gasteiger partial charge in [0, 0.05) is 31.9 Å². The van der Waals surface area contributed by atoms with E-state index in [9.17, 15) is 9.59 Å². The molecule has 0 aromatic heterocycles. The molecule has 2 aromatic rings. The van der Waals surface area contributed by atoms with Gasteiger partial charge in [-0.2, -0.15) is 0 Å². The van der Waals surface area contributed by atoms with Crippen molar-refractivity contribution < 1.29 is 28.5 Å². The number of amidine groups is 1. The molecule has 42 heavy (non-hydrogen) atoms. The minimum Gasteiger partial charge on any atom is -0.493 e. The van der Waals surface area contributed by atoms with E-state index in [1.807, 2.05) is 58.8 Å². The summed E-state index contributed by atoms with van der Waals surface area (Å²) < 4.78 is 22.4. The highest BCUT2D eigenvalue weighted by atomic mass is 32.2. The van der Waals surface area contributed by atoms with Crippen LogP contribution in [-0.2, 0) is 25.7 Å². The van der Waals surface area contributed by atoms with Crippen LogP contribution in [0.2, 0.25) is 0 Å². The topological polar surface area (TPSA) is 102 Å². The molecule has 11 heteroatoms. The molecular formula is C31H36N4O6S. The van der Waals surface area contributed by atoms with E-state index in [1.54, 1.807) is 14.0 Å². The average molecular weight is 593 g/mol. The summed E-state index contributed by atoms with van der Waals surface area (Å²) in [6.07, 6.45) is 0.147. The molecule has 5 rings (SSSR count). The minimum absolute atomic E-state index is 0.0942. The van der Waals surface area contributed by atoms with Crippen LogP contribution in [-0.4, -0.2) is 80.5 Å². The zero-order chi connectivity index (χ0) is 29.5. The highest BCUT2D eigenvalue weighted by Crippen LogP contribution is 2.46. The summed E-state index contributed by atoms with van der Waals surface area (Å²) in [5.41, 5.74) is 3.55. The van der Waals surface area contributed by atoms with Gasteiger partial charge in [0.05, 0.1) is 51.2 Å². The van der Waals surface area contributed by atoms with E-state index in [4.69, 9.17) is 23.9 Å². The number of carbonyl (C=O) groups excluding carboxylic acids is 2. The molecular weight excluding hydrogens is 556 g/mol. The standard InChI is InChI=1S/C31H36N4O6S/c1-21-28(30(37)39-3)29(23-9-10-25(26(17-23)38-2)41-19-22-7-5-4-6-8-22)35-24(20-42-31(35)33-21)18-27(36)32-11-12-34-13-15-40-16-14-34/h4-10,17,20,29H,11-16,18-19H2,1-3H3,(H,32,36). The first-order valence-corrected chi connectivity index (χ1v) is 14.8. The van der Waals surface area contributed by atoms with Crippen molar-refractivity contribution in [2.24, 2.45) is 4.99 Å². The number of thioether (sulfide) groups is 1. The number of hydrogen-bond donors (Lipinski definition) is 1. The molecule has 1 atom stereocenters. The fourth-order valence-corrected chi connectivity index (χ4v) is 6.13. The lowest BCUT2D eigenvalue weighted by Crippen LogP contribution is -2.42. The smallest absolute Gasteiger partial charge is 0.338 e. The molecule has 0 saturated carbocycles. The van der Waals surface area contributed by atoms with Gasteiger partial charge in [-0.25, -0.2) is 9.79 Å². The summed E-state index contributed by atoms with van der Waals surface area (Å²) in [4.78, 5) is 35.0. The number of allylic oxidation sites excluding steroid dienone is 1. The Morgan fingerprint density at radius 2 is 1.88 bits per heavy atom. The minimum atomic E-state index is -0.565. The molecule has 0 aliphatic carbocycles.